The number of likely N-dealkylation sites (tertiary alicyclic amines) is 1. The second-order valence-electron chi connectivity index (χ2n) is 8.56. The summed E-state index contributed by atoms with van der Waals surface area (Å²) in [5.74, 6) is -0.458. The minimum absolute atomic E-state index is 0.0257. The maximum absolute atomic E-state index is 13.1. The lowest BCUT2D eigenvalue weighted by atomic mass is 9.95. The van der Waals surface area contributed by atoms with E-state index in [0.717, 1.165) is 11.1 Å². The molecule has 1 N–H and O–H groups in total. The maximum Gasteiger partial charge on any atom is 0.295 e. The molecule has 1 fully saturated rings. The smallest absolute Gasteiger partial charge is 0.295 e. The Morgan fingerprint density at radius 1 is 0.944 bits per heavy atom. The molecule has 1 amide bonds. The third-order valence-corrected chi connectivity index (χ3v) is 6.10. The van der Waals surface area contributed by atoms with Crippen LogP contribution in [0.5, 0.6) is 11.5 Å². The van der Waals surface area contributed by atoms with E-state index in [1.807, 2.05) is 25.1 Å². The Morgan fingerprint density at radius 3 is 2.39 bits per heavy atom. The third-order valence-electron chi connectivity index (χ3n) is 6.10. The number of nitrogens with zero attached hydrogens (tertiary/aromatic N) is 1. The van der Waals surface area contributed by atoms with E-state index in [0.29, 0.717) is 29.2 Å². The molecule has 7 nitrogen and oxygen atoms in total. The Bertz CT molecular complexity index is 1280. The van der Waals surface area contributed by atoms with Crippen molar-refractivity contribution >= 4 is 17.4 Å². The number of methoxy groups -OCH3 is 2. The predicted molar refractivity (Wildman–Crippen MR) is 136 cm³/mol. The van der Waals surface area contributed by atoms with Crippen LogP contribution >= 0.6 is 0 Å². The number of carbonyl (C=O) groups is 2. The van der Waals surface area contributed by atoms with Gasteiger partial charge in [0.1, 0.15) is 23.9 Å². The molecule has 0 radical (unpaired) electrons. The number of carbonyl (C=O) groups excluding carboxylic acids is 2. The molecule has 0 spiro atoms. The largest absolute Gasteiger partial charge is 0.507 e. The standard InChI is InChI=1S/C29H29NO6/c1-19-6-4-7-20(16-19)18-36-23-12-10-21(11-13-23)27(31)25-26(22-8-5-9-24(17-22)35-3)30(14-15-34-2)29(33)28(25)32/h4-13,16-17,26,31H,14-15,18H2,1-3H3/b27-25+/t26-/m0/s1. The molecule has 1 atom stereocenters. The van der Waals surface area contributed by atoms with Gasteiger partial charge >= 0.3 is 0 Å². The SMILES string of the molecule is COCCN1C(=O)C(=O)/C(=C(/O)c2ccc(OCc3cccc(C)c3)cc2)[C@@H]1c1cccc(OC)c1. The highest BCUT2D eigenvalue weighted by molar-refractivity contribution is 6.46. The second kappa shape index (κ2) is 11.1. The summed E-state index contributed by atoms with van der Waals surface area (Å²) in [6.45, 7) is 2.89. The molecule has 0 saturated carbocycles. The van der Waals surface area contributed by atoms with Gasteiger partial charge in [-0.2, -0.15) is 0 Å². The van der Waals surface area contributed by atoms with Gasteiger partial charge in [0.05, 0.1) is 25.3 Å². The molecule has 4 rings (SSSR count). The highest BCUT2D eigenvalue weighted by Crippen LogP contribution is 2.40. The quantitative estimate of drug-likeness (QED) is 0.269. The van der Waals surface area contributed by atoms with Crippen LogP contribution in [0.15, 0.2) is 78.4 Å². The molecular weight excluding hydrogens is 458 g/mol. The van der Waals surface area contributed by atoms with E-state index in [9.17, 15) is 14.7 Å². The van der Waals surface area contributed by atoms with Crippen LogP contribution < -0.4 is 9.47 Å². The summed E-state index contributed by atoms with van der Waals surface area (Å²) >= 11 is 0. The molecule has 1 aliphatic heterocycles. The molecule has 7 heteroatoms. The fourth-order valence-electron chi connectivity index (χ4n) is 4.29. The molecule has 0 bridgehead atoms. The summed E-state index contributed by atoms with van der Waals surface area (Å²) in [4.78, 5) is 27.4. The van der Waals surface area contributed by atoms with Gasteiger partial charge in [-0.05, 0) is 54.4 Å². The molecule has 0 unspecified atom stereocenters. The Balaban J connectivity index is 1.65. The Labute approximate surface area is 210 Å². The summed E-state index contributed by atoms with van der Waals surface area (Å²) in [5, 5.41) is 11.2. The van der Waals surface area contributed by atoms with Gasteiger partial charge in [-0.3, -0.25) is 9.59 Å². The minimum Gasteiger partial charge on any atom is -0.507 e. The number of aliphatic hydroxyl groups is 1. The normalized spacial score (nSPS) is 16.9. The molecule has 0 aromatic heterocycles. The maximum atomic E-state index is 13.1. The van der Waals surface area contributed by atoms with Crippen molar-refractivity contribution in [2.24, 2.45) is 0 Å². The van der Waals surface area contributed by atoms with Crippen molar-refractivity contribution in [2.45, 2.75) is 19.6 Å². The van der Waals surface area contributed by atoms with Crippen LogP contribution in [0, 0.1) is 6.92 Å². The van der Waals surface area contributed by atoms with Gasteiger partial charge in [-0.1, -0.05) is 42.0 Å². The number of aliphatic hydroxyl groups excluding tert-OH is 1. The Hall–Kier alpha value is -4.10. The van der Waals surface area contributed by atoms with Crippen molar-refractivity contribution in [2.75, 3.05) is 27.4 Å². The van der Waals surface area contributed by atoms with Crippen LogP contribution in [-0.4, -0.2) is 49.1 Å². The zero-order chi connectivity index (χ0) is 25.7. The van der Waals surface area contributed by atoms with Gasteiger partial charge in [0.15, 0.2) is 0 Å². The van der Waals surface area contributed by atoms with Crippen molar-refractivity contribution in [1.82, 2.24) is 4.90 Å². The zero-order valence-electron chi connectivity index (χ0n) is 20.6. The molecular formula is C29H29NO6. The van der Waals surface area contributed by atoms with E-state index >= 15 is 0 Å². The first-order chi connectivity index (χ1) is 17.4. The lowest BCUT2D eigenvalue weighted by molar-refractivity contribution is -0.140. The van der Waals surface area contributed by atoms with Gasteiger partial charge in [0.2, 0.25) is 0 Å². The highest BCUT2D eigenvalue weighted by atomic mass is 16.5. The first-order valence-corrected chi connectivity index (χ1v) is 11.6. The van der Waals surface area contributed by atoms with Crippen LogP contribution in [0.4, 0.5) is 0 Å². The van der Waals surface area contributed by atoms with E-state index in [2.05, 4.69) is 6.07 Å². The van der Waals surface area contributed by atoms with Gasteiger partial charge in [-0.25, -0.2) is 0 Å². The minimum atomic E-state index is -0.771. The number of hydrogen-bond acceptors (Lipinski definition) is 6. The fraction of sp³-hybridized carbons (Fsp3) is 0.241. The molecule has 36 heavy (non-hydrogen) atoms. The number of benzene rings is 3. The summed E-state index contributed by atoms with van der Waals surface area (Å²) in [6, 6.07) is 21.2. The van der Waals surface area contributed by atoms with E-state index in [1.54, 1.807) is 55.6 Å². The molecule has 3 aromatic carbocycles. The number of Topliss-reactive ketones (excluding diaryl/α,β-unsaturated/α-hetero) is 1. The first-order valence-electron chi connectivity index (χ1n) is 11.6. The van der Waals surface area contributed by atoms with Gasteiger partial charge in [0.25, 0.3) is 11.7 Å². The highest BCUT2D eigenvalue weighted by Gasteiger charge is 2.46. The van der Waals surface area contributed by atoms with Crippen molar-refractivity contribution in [3.05, 3.63) is 101 Å². The van der Waals surface area contributed by atoms with Crippen LogP contribution in [0.1, 0.15) is 28.3 Å². The van der Waals surface area contributed by atoms with Crippen LogP contribution in [0.25, 0.3) is 5.76 Å². The Morgan fingerprint density at radius 2 is 1.69 bits per heavy atom. The Kier molecular flexibility index (Phi) is 7.71. The monoisotopic (exact) mass is 487 g/mol. The van der Waals surface area contributed by atoms with Crippen molar-refractivity contribution < 1.29 is 28.9 Å². The average Bonchev–Trinajstić information content (AvgIpc) is 3.15. The van der Waals surface area contributed by atoms with Crippen molar-refractivity contribution in [1.29, 1.82) is 0 Å². The number of ketones is 1. The van der Waals surface area contributed by atoms with Crippen LogP contribution in [0.2, 0.25) is 0 Å². The lowest BCUT2D eigenvalue weighted by Gasteiger charge is -2.25. The van der Waals surface area contributed by atoms with E-state index in [1.165, 1.54) is 12.0 Å². The molecule has 1 heterocycles. The van der Waals surface area contributed by atoms with Crippen LogP contribution in [0.3, 0.4) is 0 Å². The number of amides is 1. The molecule has 0 aliphatic carbocycles. The van der Waals surface area contributed by atoms with Gasteiger partial charge in [0, 0.05) is 19.2 Å². The van der Waals surface area contributed by atoms with Crippen molar-refractivity contribution in [3.8, 4) is 11.5 Å². The molecule has 1 aliphatic rings. The van der Waals surface area contributed by atoms with Crippen molar-refractivity contribution in [3.63, 3.8) is 0 Å². The summed E-state index contributed by atoms with van der Waals surface area (Å²) in [5.41, 5.74) is 3.30. The molecule has 3 aromatic rings. The number of aryl methyl sites for hydroxylation is 1. The number of rotatable bonds is 9. The number of ether oxygens (including phenoxy) is 3. The number of hydrogen-bond donors (Lipinski definition) is 1. The second-order valence-corrected chi connectivity index (χ2v) is 8.56. The van der Waals surface area contributed by atoms with Gasteiger partial charge < -0.3 is 24.2 Å². The fourth-order valence-corrected chi connectivity index (χ4v) is 4.29. The van der Waals surface area contributed by atoms with E-state index < -0.39 is 17.7 Å². The first kappa shape index (κ1) is 25.0. The van der Waals surface area contributed by atoms with Gasteiger partial charge in [-0.15, -0.1) is 0 Å². The lowest BCUT2D eigenvalue weighted by Crippen LogP contribution is -2.32. The topological polar surface area (TPSA) is 85.3 Å². The van der Waals surface area contributed by atoms with E-state index in [4.69, 9.17) is 14.2 Å². The predicted octanol–water partition coefficient (Wildman–Crippen LogP) is 4.65. The summed E-state index contributed by atoms with van der Waals surface area (Å²) < 4.78 is 16.4. The zero-order valence-corrected chi connectivity index (χ0v) is 20.6. The molecule has 1 saturated heterocycles. The summed E-state index contributed by atoms with van der Waals surface area (Å²) in [7, 11) is 3.07. The summed E-state index contributed by atoms with van der Waals surface area (Å²) in [6.07, 6.45) is 0. The van der Waals surface area contributed by atoms with E-state index in [-0.39, 0.29) is 24.5 Å². The van der Waals surface area contributed by atoms with Crippen LogP contribution in [-0.2, 0) is 20.9 Å². The average molecular weight is 488 g/mol. The molecule has 186 valence electrons. The third kappa shape index (κ3) is 5.26.